The molecule has 14 nitrogen and oxygen atoms in total. The van der Waals surface area contributed by atoms with E-state index in [1.807, 2.05) is 14.1 Å². The number of carboxylic acids is 1. The minimum absolute atomic E-state index is 0.000304. The van der Waals surface area contributed by atoms with Crippen molar-refractivity contribution < 1.29 is 67.1 Å². The van der Waals surface area contributed by atoms with E-state index in [1.54, 1.807) is 11.8 Å². The lowest BCUT2D eigenvalue weighted by Crippen LogP contribution is -2.45. The van der Waals surface area contributed by atoms with Gasteiger partial charge in [-0.2, -0.15) is 11.8 Å². The van der Waals surface area contributed by atoms with E-state index < -0.39 is 54.3 Å². The first-order valence-electron chi connectivity index (χ1n) is 13.5. The van der Waals surface area contributed by atoms with E-state index in [0.717, 1.165) is 0 Å². The Kier molecular flexibility index (Phi) is 20.5. The summed E-state index contributed by atoms with van der Waals surface area (Å²) < 4.78 is 31.0. The molecule has 0 rings (SSSR count). The zero-order valence-corrected chi connectivity index (χ0v) is 25.9. The highest BCUT2D eigenvalue weighted by molar-refractivity contribution is 7.99. The van der Waals surface area contributed by atoms with Gasteiger partial charge in [0.05, 0.1) is 40.5 Å². The number of quaternary nitrogens is 1. The highest BCUT2D eigenvalue weighted by Crippen LogP contribution is 2.14. The molecule has 4 unspecified atom stereocenters. The van der Waals surface area contributed by atoms with Gasteiger partial charge in [0, 0.05) is 19.3 Å². The number of esters is 4. The third-order valence-corrected chi connectivity index (χ3v) is 6.50. The molecule has 242 valence electrons. The van der Waals surface area contributed by atoms with Gasteiger partial charge in [0.25, 0.3) is 0 Å². The molecule has 0 fully saturated rings. The Morgan fingerprint density at radius 1 is 0.881 bits per heavy atom. The number of thioether (sulfide) groups is 1. The number of aliphatic hydroxyl groups excluding tert-OH is 1. The highest BCUT2D eigenvalue weighted by Gasteiger charge is 2.32. The predicted octanol–water partition coefficient (Wildman–Crippen LogP) is 0.579. The van der Waals surface area contributed by atoms with Crippen LogP contribution in [0.5, 0.6) is 0 Å². The monoisotopic (exact) mass is 624 g/mol. The standard InChI is InChI=1S/C27H45NO13S/c1-7-9-21(40-24(32)19(2)29)27(35)39-20(3)25(33)41-22(26(34)38-15-14-37-13-12-36-6)10-8-16-42-17-11-28(4,5)18-23(30)31/h7,19-22,29H,1,8-18H2,2-6H3/p+1. The fraction of sp³-hybridized carbons (Fsp3) is 0.741. The number of hydrogen-bond donors (Lipinski definition) is 2. The van der Waals surface area contributed by atoms with Gasteiger partial charge in [-0.1, -0.05) is 6.08 Å². The Hall–Kier alpha value is -2.72. The van der Waals surface area contributed by atoms with Crippen LogP contribution < -0.4 is 0 Å². The molecule has 0 amide bonds. The van der Waals surface area contributed by atoms with Crippen LogP contribution in [0.15, 0.2) is 12.7 Å². The van der Waals surface area contributed by atoms with Gasteiger partial charge in [-0.05, 0) is 32.4 Å². The topological polar surface area (TPSA) is 181 Å². The number of ether oxygens (including phenoxy) is 6. The van der Waals surface area contributed by atoms with Crippen molar-refractivity contribution in [1.82, 2.24) is 0 Å². The van der Waals surface area contributed by atoms with Crippen molar-refractivity contribution in [2.24, 2.45) is 0 Å². The van der Waals surface area contributed by atoms with Crippen LogP contribution in [0.1, 0.15) is 33.1 Å². The Labute approximate surface area is 251 Å². The largest absolute Gasteiger partial charge is 0.477 e. The number of carboxylic acid groups (broad SMARTS) is 1. The fourth-order valence-electron chi connectivity index (χ4n) is 3.11. The van der Waals surface area contributed by atoms with Crippen LogP contribution in [0.4, 0.5) is 0 Å². The van der Waals surface area contributed by atoms with Gasteiger partial charge >= 0.3 is 29.8 Å². The maximum absolute atomic E-state index is 12.7. The SMILES string of the molecule is C=CCC(OC(=O)C(C)O)C(=O)OC(C)C(=O)OC(CCCSCC[N+](C)(C)CC(=O)O)C(=O)OCCOCCOC. The predicted molar refractivity (Wildman–Crippen MR) is 151 cm³/mol. The van der Waals surface area contributed by atoms with E-state index in [9.17, 15) is 29.1 Å². The van der Waals surface area contributed by atoms with Crippen molar-refractivity contribution in [3.8, 4) is 0 Å². The minimum Gasteiger partial charge on any atom is -0.477 e. The number of aliphatic hydroxyl groups is 1. The van der Waals surface area contributed by atoms with E-state index in [-0.39, 0.29) is 32.6 Å². The summed E-state index contributed by atoms with van der Waals surface area (Å²) >= 11 is 1.57. The summed E-state index contributed by atoms with van der Waals surface area (Å²) in [7, 11) is 5.17. The van der Waals surface area contributed by atoms with Gasteiger partial charge < -0.3 is 43.1 Å². The second kappa shape index (κ2) is 21.9. The third kappa shape index (κ3) is 18.7. The van der Waals surface area contributed by atoms with Crippen LogP contribution >= 0.6 is 11.8 Å². The first kappa shape index (κ1) is 39.3. The molecule has 0 bridgehead atoms. The molecular weight excluding hydrogens is 578 g/mol. The summed E-state index contributed by atoms with van der Waals surface area (Å²) in [6, 6.07) is 0. The van der Waals surface area contributed by atoms with E-state index in [2.05, 4.69) is 6.58 Å². The number of carbonyl (C=O) groups is 5. The average Bonchev–Trinajstić information content (AvgIpc) is 2.90. The molecule has 0 radical (unpaired) electrons. The molecule has 0 aliphatic carbocycles. The molecule has 0 spiro atoms. The summed E-state index contributed by atoms with van der Waals surface area (Å²) in [4.78, 5) is 60.6. The van der Waals surface area contributed by atoms with Crippen molar-refractivity contribution in [2.75, 3.05) is 72.2 Å². The fourth-order valence-corrected chi connectivity index (χ4v) is 4.31. The Morgan fingerprint density at radius 2 is 1.52 bits per heavy atom. The van der Waals surface area contributed by atoms with Crippen molar-refractivity contribution in [1.29, 1.82) is 0 Å². The van der Waals surface area contributed by atoms with Crippen LogP contribution in [0, 0.1) is 0 Å². The quantitative estimate of drug-likeness (QED) is 0.0500. The molecule has 2 N–H and O–H groups in total. The second-order valence-electron chi connectivity index (χ2n) is 9.87. The average molecular weight is 625 g/mol. The van der Waals surface area contributed by atoms with Crippen LogP contribution in [0.25, 0.3) is 0 Å². The minimum atomic E-state index is -1.47. The zero-order valence-electron chi connectivity index (χ0n) is 25.1. The molecule has 0 aromatic carbocycles. The Morgan fingerprint density at radius 3 is 2.12 bits per heavy atom. The molecule has 0 aromatic heterocycles. The third-order valence-electron chi connectivity index (χ3n) is 5.45. The van der Waals surface area contributed by atoms with E-state index in [4.69, 9.17) is 33.5 Å². The number of carbonyl (C=O) groups excluding carboxylic acids is 4. The molecule has 0 saturated heterocycles. The first-order valence-corrected chi connectivity index (χ1v) is 14.6. The highest BCUT2D eigenvalue weighted by atomic mass is 32.2. The maximum Gasteiger partial charge on any atom is 0.359 e. The summed E-state index contributed by atoms with van der Waals surface area (Å²) in [6.45, 7) is 7.23. The lowest BCUT2D eigenvalue weighted by molar-refractivity contribution is -0.880. The van der Waals surface area contributed by atoms with Crippen LogP contribution in [-0.2, 0) is 52.4 Å². The van der Waals surface area contributed by atoms with Crippen LogP contribution in [-0.4, -0.2) is 141 Å². The summed E-state index contributed by atoms with van der Waals surface area (Å²) in [6.07, 6.45) is -3.86. The molecule has 42 heavy (non-hydrogen) atoms. The molecule has 0 aliphatic rings. The zero-order chi connectivity index (χ0) is 32.1. The van der Waals surface area contributed by atoms with Crippen molar-refractivity contribution in [3.05, 3.63) is 12.7 Å². The van der Waals surface area contributed by atoms with Crippen molar-refractivity contribution in [2.45, 2.75) is 57.5 Å². The van der Waals surface area contributed by atoms with Crippen LogP contribution in [0.3, 0.4) is 0 Å². The number of hydrogen-bond acceptors (Lipinski definition) is 13. The smallest absolute Gasteiger partial charge is 0.359 e. The molecule has 0 aromatic rings. The summed E-state index contributed by atoms with van der Waals surface area (Å²) in [5.74, 6) is -3.50. The Balaban J connectivity index is 5.08. The molecule has 4 atom stereocenters. The summed E-state index contributed by atoms with van der Waals surface area (Å²) in [5, 5.41) is 18.3. The van der Waals surface area contributed by atoms with Gasteiger partial charge in [-0.3, -0.25) is 0 Å². The van der Waals surface area contributed by atoms with E-state index in [1.165, 1.54) is 27.0 Å². The van der Waals surface area contributed by atoms with Gasteiger partial charge in [0.15, 0.2) is 18.8 Å². The van der Waals surface area contributed by atoms with E-state index in [0.29, 0.717) is 42.2 Å². The maximum atomic E-state index is 12.7. The van der Waals surface area contributed by atoms with Crippen molar-refractivity contribution >= 4 is 41.6 Å². The van der Waals surface area contributed by atoms with Gasteiger partial charge in [0.1, 0.15) is 12.7 Å². The lowest BCUT2D eigenvalue weighted by Gasteiger charge is -2.27. The van der Waals surface area contributed by atoms with Crippen LogP contribution in [0.2, 0.25) is 0 Å². The molecule has 0 saturated carbocycles. The first-order chi connectivity index (χ1) is 19.7. The Bertz CT molecular complexity index is 865. The van der Waals surface area contributed by atoms with E-state index >= 15 is 0 Å². The normalized spacial score (nSPS) is 14.1. The number of aliphatic carboxylic acids is 1. The second-order valence-corrected chi connectivity index (χ2v) is 11.1. The molecule has 0 aliphatic heterocycles. The van der Waals surface area contributed by atoms with Gasteiger partial charge in [-0.25, -0.2) is 24.0 Å². The lowest BCUT2D eigenvalue weighted by atomic mass is 10.2. The summed E-state index contributed by atoms with van der Waals surface area (Å²) in [5.41, 5.74) is 0. The number of methoxy groups -OCH3 is 1. The van der Waals surface area contributed by atoms with Gasteiger partial charge in [0.2, 0.25) is 6.10 Å². The molecule has 0 heterocycles. The van der Waals surface area contributed by atoms with Gasteiger partial charge in [-0.15, -0.1) is 6.58 Å². The molecular formula is C27H46NO13S+. The number of likely N-dealkylation sites (N-methyl/N-ethyl adjacent to an activating group) is 1. The number of nitrogens with zero attached hydrogens (tertiary/aromatic N) is 1. The van der Waals surface area contributed by atoms with Crippen molar-refractivity contribution in [3.63, 3.8) is 0 Å². The molecule has 15 heteroatoms. The number of rotatable bonds is 24.